The predicted molar refractivity (Wildman–Crippen MR) is 68.7 cm³/mol. The van der Waals surface area contributed by atoms with Crippen molar-refractivity contribution in [1.82, 2.24) is 10.2 Å². The highest BCUT2D eigenvalue weighted by atomic mass is 16.3. The van der Waals surface area contributed by atoms with E-state index in [4.69, 9.17) is 4.42 Å². The van der Waals surface area contributed by atoms with Crippen molar-refractivity contribution in [1.29, 1.82) is 0 Å². The Morgan fingerprint density at radius 1 is 1.44 bits per heavy atom. The molecule has 0 atom stereocenters. The van der Waals surface area contributed by atoms with Crippen LogP contribution in [0.15, 0.2) is 22.8 Å². The quantitative estimate of drug-likeness (QED) is 0.857. The van der Waals surface area contributed by atoms with Gasteiger partial charge in [-0.3, -0.25) is 9.89 Å². The molecule has 0 aliphatic rings. The lowest BCUT2D eigenvalue weighted by atomic mass is 9.92. The van der Waals surface area contributed by atoms with E-state index in [9.17, 15) is 4.79 Å². The molecule has 2 N–H and O–H groups in total. The number of aromatic amines is 1. The van der Waals surface area contributed by atoms with Crippen LogP contribution >= 0.6 is 0 Å². The molecule has 0 saturated carbocycles. The highest BCUT2D eigenvalue weighted by molar-refractivity contribution is 6.02. The lowest BCUT2D eigenvalue weighted by molar-refractivity contribution is 0.0995. The average Bonchev–Trinajstić information content (AvgIpc) is 2.85. The number of hydrogen-bond donors (Lipinski definition) is 2. The minimum Gasteiger partial charge on any atom is -0.459 e. The monoisotopic (exact) mass is 247 g/mol. The number of hydrogen-bond acceptors (Lipinski definition) is 3. The molecule has 18 heavy (non-hydrogen) atoms. The fourth-order valence-corrected chi connectivity index (χ4v) is 1.55. The van der Waals surface area contributed by atoms with Gasteiger partial charge in [-0.1, -0.05) is 20.8 Å². The van der Waals surface area contributed by atoms with Gasteiger partial charge in [0.2, 0.25) is 0 Å². The van der Waals surface area contributed by atoms with Crippen LogP contribution in [0, 0.1) is 6.92 Å². The largest absolute Gasteiger partial charge is 0.459 e. The Balaban J connectivity index is 2.13. The number of aryl methyl sites for hydroxylation is 1. The van der Waals surface area contributed by atoms with Crippen LogP contribution in [0.5, 0.6) is 0 Å². The molecule has 0 aliphatic carbocycles. The van der Waals surface area contributed by atoms with Gasteiger partial charge in [-0.25, -0.2) is 0 Å². The smallest absolute Gasteiger partial charge is 0.292 e. The van der Waals surface area contributed by atoms with Gasteiger partial charge in [0, 0.05) is 22.7 Å². The highest BCUT2D eigenvalue weighted by Gasteiger charge is 2.19. The van der Waals surface area contributed by atoms with E-state index in [1.165, 1.54) is 6.26 Å². The Hall–Kier alpha value is -2.04. The summed E-state index contributed by atoms with van der Waals surface area (Å²) in [5.41, 5.74) is 1.74. The number of rotatable bonds is 2. The van der Waals surface area contributed by atoms with Crippen molar-refractivity contribution >= 4 is 11.7 Å². The first-order chi connectivity index (χ1) is 8.38. The molecule has 2 rings (SSSR count). The van der Waals surface area contributed by atoms with E-state index >= 15 is 0 Å². The summed E-state index contributed by atoms with van der Waals surface area (Å²) in [7, 11) is 0. The molecule has 2 aromatic rings. The molecule has 0 fully saturated rings. The van der Waals surface area contributed by atoms with Gasteiger partial charge in [0.15, 0.2) is 11.6 Å². The molecule has 5 nitrogen and oxygen atoms in total. The Bertz CT molecular complexity index is 561. The third kappa shape index (κ3) is 2.45. The molecular weight excluding hydrogens is 230 g/mol. The van der Waals surface area contributed by atoms with E-state index in [2.05, 4.69) is 36.3 Å². The standard InChI is InChI=1S/C13H17N3O2/c1-8-5-6-18-11(8)12(17)14-10-7-9(15-16-10)13(2,3)4/h5-7H,1-4H3,(H2,14,15,16,17). The zero-order chi connectivity index (χ0) is 13.3. The summed E-state index contributed by atoms with van der Waals surface area (Å²) in [5, 5.41) is 9.68. The molecule has 96 valence electrons. The highest BCUT2D eigenvalue weighted by Crippen LogP contribution is 2.22. The second-order valence-electron chi connectivity index (χ2n) is 5.30. The number of H-pyrrole nitrogens is 1. The van der Waals surface area contributed by atoms with E-state index in [1.807, 2.05) is 13.0 Å². The van der Waals surface area contributed by atoms with Crippen LogP contribution in [0.3, 0.4) is 0 Å². The van der Waals surface area contributed by atoms with Crippen LogP contribution in [-0.2, 0) is 5.41 Å². The molecular formula is C13H17N3O2. The van der Waals surface area contributed by atoms with Crippen LogP contribution in [0.2, 0.25) is 0 Å². The van der Waals surface area contributed by atoms with E-state index < -0.39 is 0 Å². The van der Waals surface area contributed by atoms with Crippen LogP contribution in [0.4, 0.5) is 5.82 Å². The first-order valence-electron chi connectivity index (χ1n) is 5.79. The summed E-state index contributed by atoms with van der Waals surface area (Å²) < 4.78 is 5.12. The predicted octanol–water partition coefficient (Wildman–Crippen LogP) is 2.86. The lowest BCUT2D eigenvalue weighted by Gasteiger charge is -2.14. The van der Waals surface area contributed by atoms with Crippen LogP contribution in [-0.4, -0.2) is 16.1 Å². The van der Waals surface area contributed by atoms with Crippen molar-refractivity contribution in [2.45, 2.75) is 33.1 Å². The van der Waals surface area contributed by atoms with Crippen molar-refractivity contribution in [3.8, 4) is 0 Å². The summed E-state index contributed by atoms with van der Waals surface area (Å²) in [6.07, 6.45) is 1.50. The fourth-order valence-electron chi connectivity index (χ4n) is 1.55. The first-order valence-corrected chi connectivity index (χ1v) is 5.79. The van der Waals surface area contributed by atoms with Gasteiger partial charge in [-0.15, -0.1) is 0 Å². The lowest BCUT2D eigenvalue weighted by Crippen LogP contribution is -2.12. The third-order valence-corrected chi connectivity index (χ3v) is 2.70. The Morgan fingerprint density at radius 2 is 2.17 bits per heavy atom. The summed E-state index contributed by atoms with van der Waals surface area (Å²) in [6.45, 7) is 8.04. The SMILES string of the molecule is Cc1ccoc1C(=O)Nc1cc(C(C)(C)C)[nH]n1. The maximum absolute atomic E-state index is 11.9. The third-order valence-electron chi connectivity index (χ3n) is 2.70. The van der Waals surface area contributed by atoms with E-state index in [0.29, 0.717) is 11.6 Å². The van der Waals surface area contributed by atoms with Gasteiger partial charge >= 0.3 is 0 Å². The number of furan rings is 1. The molecule has 5 heteroatoms. The van der Waals surface area contributed by atoms with Gasteiger partial charge < -0.3 is 9.73 Å². The van der Waals surface area contributed by atoms with Gasteiger partial charge in [-0.2, -0.15) is 5.10 Å². The fraction of sp³-hybridized carbons (Fsp3) is 0.385. The van der Waals surface area contributed by atoms with Crippen molar-refractivity contribution in [3.05, 3.63) is 35.4 Å². The minimum atomic E-state index is -0.288. The molecule has 2 heterocycles. The molecule has 0 unspecified atom stereocenters. The number of carbonyl (C=O) groups is 1. The van der Waals surface area contributed by atoms with E-state index in [0.717, 1.165) is 11.3 Å². The number of amides is 1. The van der Waals surface area contributed by atoms with Crippen LogP contribution < -0.4 is 5.32 Å². The molecule has 0 spiro atoms. The normalized spacial score (nSPS) is 11.6. The molecule has 0 bridgehead atoms. The van der Waals surface area contributed by atoms with Crippen LogP contribution in [0.1, 0.15) is 42.6 Å². The Labute approximate surface area is 106 Å². The van der Waals surface area contributed by atoms with Crippen molar-refractivity contribution in [2.24, 2.45) is 0 Å². The molecule has 0 aromatic carbocycles. The van der Waals surface area contributed by atoms with Gasteiger partial charge in [0.05, 0.1) is 6.26 Å². The molecule has 0 saturated heterocycles. The van der Waals surface area contributed by atoms with Crippen molar-refractivity contribution in [3.63, 3.8) is 0 Å². The van der Waals surface area contributed by atoms with E-state index in [-0.39, 0.29) is 11.3 Å². The van der Waals surface area contributed by atoms with Crippen molar-refractivity contribution < 1.29 is 9.21 Å². The zero-order valence-electron chi connectivity index (χ0n) is 11.0. The topological polar surface area (TPSA) is 70.9 Å². The number of carbonyl (C=O) groups excluding carboxylic acids is 1. The van der Waals surface area contributed by atoms with Gasteiger partial charge in [-0.05, 0) is 13.0 Å². The molecule has 2 aromatic heterocycles. The number of nitrogens with zero attached hydrogens (tertiary/aromatic N) is 1. The summed E-state index contributed by atoms with van der Waals surface area (Å²) in [5.74, 6) is 0.528. The summed E-state index contributed by atoms with van der Waals surface area (Å²) in [4.78, 5) is 11.9. The van der Waals surface area contributed by atoms with E-state index in [1.54, 1.807) is 6.07 Å². The van der Waals surface area contributed by atoms with Gasteiger partial charge in [0.1, 0.15) is 0 Å². The summed E-state index contributed by atoms with van der Waals surface area (Å²) >= 11 is 0. The second-order valence-corrected chi connectivity index (χ2v) is 5.30. The van der Waals surface area contributed by atoms with Crippen molar-refractivity contribution in [2.75, 3.05) is 5.32 Å². The zero-order valence-corrected chi connectivity index (χ0v) is 11.0. The molecule has 0 radical (unpaired) electrons. The maximum atomic E-state index is 11.9. The van der Waals surface area contributed by atoms with Crippen LogP contribution in [0.25, 0.3) is 0 Å². The first kappa shape index (κ1) is 12.4. The maximum Gasteiger partial charge on any atom is 0.292 e. The average molecular weight is 247 g/mol. The Morgan fingerprint density at radius 3 is 2.67 bits per heavy atom. The molecule has 1 amide bonds. The summed E-state index contributed by atoms with van der Waals surface area (Å²) in [6, 6.07) is 3.58. The number of anilines is 1. The minimum absolute atomic E-state index is 0.0312. The second kappa shape index (κ2) is 4.33. The number of aromatic nitrogens is 2. The Kier molecular flexibility index (Phi) is 2.98. The molecule has 0 aliphatic heterocycles. The number of nitrogens with one attached hydrogen (secondary N) is 2. The van der Waals surface area contributed by atoms with Gasteiger partial charge in [0.25, 0.3) is 5.91 Å².